The van der Waals surface area contributed by atoms with Crippen molar-refractivity contribution in [2.45, 2.75) is 58.5 Å². The molecule has 12 aromatic rings. The first kappa shape index (κ1) is 80.4. The molecule has 9 heterocycles. The predicted molar refractivity (Wildman–Crippen MR) is 470 cm³/mol. The molecule has 23 nitrogen and oxygen atoms in total. The summed E-state index contributed by atoms with van der Waals surface area (Å²) >= 11 is 23.3. The number of benzene rings is 6. The lowest BCUT2D eigenvalue weighted by Crippen LogP contribution is -2.51. The van der Waals surface area contributed by atoms with Crippen LogP contribution in [0.3, 0.4) is 0 Å². The summed E-state index contributed by atoms with van der Waals surface area (Å²) in [6, 6.07) is 55.7. The standard InChI is InChI=1S/C31H27BrClN7O.C31H28ClN7O.C30H29ClN6O/c1-20-35-8-9-40(20)19-23-14-22-15-24(32)18-36-29(22)30(27-7-4-25(33)16-28(23)27)38-10-12-39(13-11-38)31(41)37-26-5-2-21(17-34)3-6-26;1-21-34-11-12-39(21)20-24-17-23-3-2-10-35-29(23)30(27-9-6-25(32)18-28(24)27)37-13-15-38(16-14-37)31(40)36-26-7-4-22(19-33)5-8-26;1-21-32-12-13-37(21)20-23-18-22-6-5-11-33-28(22)29(26-10-9-24(31)19-27(23)26)35-14-16-36(17-15-35)30(38)34-25-7-3-2-4-8-25/h2-9,14-16,18,30H,10-13,19H2,1H3,(H,37,41);2-12,17-18,30H,13-16,20H2,1H3,(H,36,40);2-13,18-19,29H,14-17,20H2,1H3,(H,34,38). The smallest absolute Gasteiger partial charge is 0.321 e. The van der Waals surface area contributed by atoms with Gasteiger partial charge >= 0.3 is 18.1 Å². The van der Waals surface area contributed by atoms with Crippen molar-refractivity contribution in [3.63, 3.8) is 0 Å². The number of aromatic nitrogens is 9. The van der Waals surface area contributed by atoms with E-state index in [0.717, 1.165) is 113 Å². The molecule has 3 saturated heterocycles. The minimum atomic E-state index is -0.149. The van der Waals surface area contributed by atoms with E-state index in [0.29, 0.717) is 123 Å². The maximum atomic E-state index is 13.0. The van der Waals surface area contributed by atoms with E-state index in [4.69, 9.17) is 60.3 Å². The molecular formula is C92H84BrCl3N20O3. The van der Waals surface area contributed by atoms with Gasteiger partial charge in [0.1, 0.15) is 17.5 Å². The number of amides is 6. The highest BCUT2D eigenvalue weighted by atomic mass is 79.9. The van der Waals surface area contributed by atoms with Crippen LogP contribution in [0.2, 0.25) is 15.1 Å². The number of hydrogen-bond acceptors (Lipinski definition) is 14. The number of allylic oxidation sites excluding steroid dienone is 3. The molecule has 18 rings (SSSR count). The van der Waals surface area contributed by atoms with Crippen LogP contribution in [0.25, 0.3) is 34.9 Å². The zero-order valence-electron chi connectivity index (χ0n) is 65.7. The second-order valence-electron chi connectivity index (χ2n) is 29.9. The third-order valence-corrected chi connectivity index (χ3v) is 23.8. The lowest BCUT2D eigenvalue weighted by molar-refractivity contribution is 0.125. The molecule has 6 aliphatic rings. The van der Waals surface area contributed by atoms with E-state index >= 15 is 0 Å². The number of nitrogens with zero attached hydrogens (tertiary/aromatic N) is 17. The van der Waals surface area contributed by atoms with Crippen LogP contribution in [0.5, 0.6) is 0 Å². The zero-order chi connectivity index (χ0) is 82.2. The number of carbonyl (C=O) groups excluding carboxylic acids is 3. The molecule has 0 spiro atoms. The minimum absolute atomic E-state index is 0.0459. The van der Waals surface area contributed by atoms with Gasteiger partial charge in [0, 0.05) is 191 Å². The number of nitrogens with one attached hydrogen (secondary N) is 3. The fourth-order valence-corrected chi connectivity index (χ4v) is 17.3. The number of hydrogen-bond donors (Lipinski definition) is 3. The molecular weight excluding hydrogens is 1620 g/mol. The van der Waals surface area contributed by atoms with Crippen molar-refractivity contribution < 1.29 is 14.4 Å². The van der Waals surface area contributed by atoms with E-state index in [-0.39, 0.29) is 36.2 Å². The molecule has 119 heavy (non-hydrogen) atoms. The van der Waals surface area contributed by atoms with Gasteiger partial charge in [0.2, 0.25) is 0 Å². The molecule has 6 aromatic heterocycles. The summed E-state index contributed by atoms with van der Waals surface area (Å²) in [6.07, 6.45) is 23.7. The average molecular weight is 1700 g/mol. The second-order valence-corrected chi connectivity index (χ2v) is 32.1. The largest absolute Gasteiger partial charge is 0.331 e. The number of carbonyl (C=O) groups is 3. The van der Waals surface area contributed by atoms with E-state index in [1.54, 1.807) is 48.5 Å². The van der Waals surface area contributed by atoms with E-state index in [9.17, 15) is 14.4 Å². The second kappa shape index (κ2) is 36.2. The molecule has 0 radical (unpaired) electrons. The van der Waals surface area contributed by atoms with E-state index in [2.05, 4.69) is 154 Å². The molecule has 3 N–H and O–H groups in total. The maximum Gasteiger partial charge on any atom is 0.321 e. The molecule has 3 aliphatic heterocycles. The van der Waals surface area contributed by atoms with Gasteiger partial charge in [-0.2, -0.15) is 10.5 Å². The number of urea groups is 3. The van der Waals surface area contributed by atoms with Gasteiger partial charge in [0.25, 0.3) is 0 Å². The summed E-state index contributed by atoms with van der Waals surface area (Å²) in [5.74, 6) is 2.86. The van der Waals surface area contributed by atoms with Crippen LogP contribution in [-0.4, -0.2) is 170 Å². The Labute approximate surface area is 713 Å². The van der Waals surface area contributed by atoms with E-state index < -0.39 is 0 Å². The topological polar surface area (TPSA) is 246 Å². The minimum Gasteiger partial charge on any atom is -0.331 e. The quantitative estimate of drug-likeness (QED) is 0.103. The number of anilines is 3. The Morgan fingerprint density at radius 1 is 0.395 bits per heavy atom. The number of fused-ring (bicyclic) bond motifs is 6. The fourth-order valence-electron chi connectivity index (χ4n) is 16.4. The molecule has 6 amide bonds. The van der Waals surface area contributed by atoms with Crippen molar-refractivity contribution in [2.75, 3.05) is 94.5 Å². The Morgan fingerprint density at radius 2 is 0.731 bits per heavy atom. The number of piperazine rings is 3. The van der Waals surface area contributed by atoms with Crippen molar-refractivity contribution in [1.82, 2.24) is 73.0 Å². The molecule has 0 saturated carbocycles. The van der Waals surface area contributed by atoms with Gasteiger partial charge in [-0.25, -0.2) is 29.3 Å². The highest BCUT2D eigenvalue weighted by molar-refractivity contribution is 9.10. The highest BCUT2D eigenvalue weighted by Gasteiger charge is 2.38. The lowest BCUT2D eigenvalue weighted by atomic mass is 9.93. The summed E-state index contributed by atoms with van der Waals surface area (Å²) in [4.78, 5) is 79.7. The maximum absolute atomic E-state index is 13.0. The van der Waals surface area contributed by atoms with Crippen LogP contribution in [-0.2, 0) is 19.6 Å². The van der Waals surface area contributed by atoms with Crippen molar-refractivity contribution in [1.29, 1.82) is 10.5 Å². The van der Waals surface area contributed by atoms with Gasteiger partial charge in [0.05, 0.1) is 58.5 Å². The third kappa shape index (κ3) is 18.2. The monoisotopic (exact) mass is 1700 g/mol. The number of aryl methyl sites for hydroxylation is 3. The van der Waals surface area contributed by atoms with Crippen LogP contribution < -0.4 is 16.0 Å². The van der Waals surface area contributed by atoms with E-state index in [1.807, 2.05) is 158 Å². The van der Waals surface area contributed by atoms with Crippen LogP contribution >= 0.6 is 50.7 Å². The fraction of sp³-hybridized carbons (Fsp3) is 0.228. The Hall–Kier alpha value is -12.4. The van der Waals surface area contributed by atoms with Gasteiger partial charge in [0.15, 0.2) is 0 Å². The molecule has 3 atom stereocenters. The SMILES string of the molecule is Cc1nccn1CC1=Cc2cc(Br)cnc2C(N2CCN(C(=O)Nc3ccc(C#N)cc3)CC2)c2ccc(Cl)cc21.Cc1nccn1CC1=Cc2cccnc2C(N2CCN(C(=O)Nc3ccc(C#N)cc3)CC2)c2ccc(Cl)cc21.Cc1nccn1CC1=Cc2cccnc2C(N2CCN(C(=O)Nc3ccccc3)CC2)c2ccc(Cl)cc21. The summed E-state index contributed by atoms with van der Waals surface area (Å²) in [7, 11) is 0. The Kier molecular flexibility index (Phi) is 24.5. The van der Waals surface area contributed by atoms with Gasteiger partial charge in [-0.3, -0.25) is 29.7 Å². The van der Waals surface area contributed by atoms with Crippen LogP contribution in [0, 0.1) is 43.4 Å². The Balaban J connectivity index is 0.000000133. The van der Waals surface area contributed by atoms with Crippen LogP contribution in [0.1, 0.15) is 114 Å². The molecule has 3 unspecified atom stereocenters. The average Bonchev–Trinajstić information content (AvgIpc) is 1.67. The predicted octanol–water partition coefficient (Wildman–Crippen LogP) is 17.7. The molecule has 6 aromatic carbocycles. The van der Waals surface area contributed by atoms with E-state index in [1.165, 1.54) is 11.1 Å². The first-order valence-corrected chi connectivity index (χ1v) is 41.3. The number of pyridine rings is 3. The first-order valence-electron chi connectivity index (χ1n) is 39.4. The number of imidazole rings is 3. The van der Waals surface area contributed by atoms with Crippen molar-refractivity contribution in [2.24, 2.45) is 0 Å². The number of halogens is 4. The summed E-state index contributed by atoms with van der Waals surface area (Å²) < 4.78 is 7.33. The Bertz CT molecular complexity index is 5950. The highest BCUT2D eigenvalue weighted by Crippen LogP contribution is 2.46. The molecule has 27 heteroatoms. The molecule has 598 valence electrons. The van der Waals surface area contributed by atoms with Crippen molar-refractivity contribution in [3.8, 4) is 12.1 Å². The summed E-state index contributed by atoms with van der Waals surface area (Å²) in [6.45, 7) is 15.8. The number of nitriles is 2. The van der Waals surface area contributed by atoms with Crippen molar-refractivity contribution in [3.05, 3.63) is 335 Å². The first-order chi connectivity index (χ1) is 57.9. The van der Waals surface area contributed by atoms with Crippen LogP contribution in [0.4, 0.5) is 31.4 Å². The normalized spacial score (nSPS) is 16.9. The third-order valence-electron chi connectivity index (χ3n) is 22.6. The number of para-hydroxylation sites is 1. The van der Waals surface area contributed by atoms with Gasteiger partial charge in [-0.15, -0.1) is 0 Å². The molecule has 3 aliphatic carbocycles. The van der Waals surface area contributed by atoms with Gasteiger partial charge < -0.3 is 44.4 Å². The Morgan fingerprint density at radius 3 is 1.07 bits per heavy atom. The number of rotatable bonds is 12. The lowest BCUT2D eigenvalue weighted by Gasteiger charge is -2.39. The summed E-state index contributed by atoms with van der Waals surface area (Å²) in [5, 5.41) is 29.0. The van der Waals surface area contributed by atoms with Crippen LogP contribution in [0.15, 0.2) is 224 Å². The van der Waals surface area contributed by atoms with Gasteiger partial charge in [-0.05, 0) is 237 Å². The summed E-state index contributed by atoms with van der Waals surface area (Å²) in [5.41, 5.74) is 19.7. The van der Waals surface area contributed by atoms with Crippen molar-refractivity contribution >= 4 is 121 Å². The zero-order valence-corrected chi connectivity index (χ0v) is 69.5. The van der Waals surface area contributed by atoms with Gasteiger partial charge in [-0.1, -0.05) is 83.3 Å². The molecule has 3 fully saturated rings. The molecule has 0 bridgehead atoms.